The van der Waals surface area contributed by atoms with Crippen molar-refractivity contribution in [1.82, 2.24) is 0 Å². The molecule has 1 heterocycles. The molecule has 0 spiro atoms. The first-order valence-electron chi connectivity index (χ1n) is 4.01. The Labute approximate surface area is 79.0 Å². The van der Waals surface area contributed by atoms with Crippen LogP contribution in [0.25, 0.3) is 0 Å². The van der Waals surface area contributed by atoms with Crippen molar-refractivity contribution in [3.8, 4) is 0 Å². The van der Waals surface area contributed by atoms with E-state index < -0.39 is 5.97 Å². The summed E-state index contributed by atoms with van der Waals surface area (Å²) in [6.07, 6.45) is 0.434. The van der Waals surface area contributed by atoms with Crippen LogP contribution in [0.3, 0.4) is 0 Å². The smallest absolute Gasteiger partial charge is 0.303 e. The van der Waals surface area contributed by atoms with Crippen LogP contribution in [0.5, 0.6) is 0 Å². The van der Waals surface area contributed by atoms with E-state index in [-0.39, 0.29) is 18.1 Å². The van der Waals surface area contributed by atoms with Gasteiger partial charge in [-0.25, -0.2) is 0 Å². The van der Waals surface area contributed by atoms with Crippen LogP contribution in [0, 0.1) is 0 Å². The number of aliphatic carboxylic acids is 1. The van der Waals surface area contributed by atoms with Crippen LogP contribution in [0.2, 0.25) is 0 Å². The maximum absolute atomic E-state index is 11.3. The van der Waals surface area contributed by atoms with Crippen molar-refractivity contribution >= 4 is 23.1 Å². The average Bonchev–Trinajstić information content (AvgIpc) is 2.56. The Morgan fingerprint density at radius 1 is 1.69 bits per heavy atom. The van der Waals surface area contributed by atoms with Gasteiger partial charge in [-0.15, -0.1) is 11.3 Å². The van der Waals surface area contributed by atoms with Gasteiger partial charge in [-0.3, -0.25) is 9.59 Å². The Bertz CT molecular complexity index is 367. The van der Waals surface area contributed by atoms with Crippen molar-refractivity contribution in [2.45, 2.75) is 18.8 Å². The molecule has 0 aromatic carbocycles. The maximum atomic E-state index is 11.3. The second-order valence-corrected chi connectivity index (χ2v) is 4.04. The van der Waals surface area contributed by atoms with Crippen LogP contribution in [-0.4, -0.2) is 16.9 Å². The van der Waals surface area contributed by atoms with E-state index in [0.29, 0.717) is 6.42 Å². The molecule has 1 aliphatic carbocycles. The van der Waals surface area contributed by atoms with E-state index in [1.54, 1.807) is 0 Å². The monoisotopic (exact) mass is 196 g/mol. The van der Waals surface area contributed by atoms with Gasteiger partial charge in [-0.05, 0) is 17.0 Å². The number of thiophene rings is 1. The third-order valence-electron chi connectivity index (χ3n) is 2.24. The van der Waals surface area contributed by atoms with E-state index in [9.17, 15) is 9.59 Å². The molecule has 0 bridgehead atoms. The first kappa shape index (κ1) is 8.44. The molecule has 68 valence electrons. The number of hydrogen-bond acceptors (Lipinski definition) is 3. The van der Waals surface area contributed by atoms with Crippen molar-refractivity contribution in [1.29, 1.82) is 0 Å². The van der Waals surface area contributed by atoms with E-state index in [1.165, 1.54) is 11.3 Å². The minimum Gasteiger partial charge on any atom is -0.481 e. The standard InChI is InChI=1S/C9H8O3S/c10-7-3-5(4-8(11)12)6-1-2-13-9(6)7/h1-2,5H,3-4H2,(H,11,12). The van der Waals surface area contributed by atoms with Gasteiger partial charge in [0, 0.05) is 12.3 Å². The van der Waals surface area contributed by atoms with Crippen LogP contribution >= 0.6 is 11.3 Å². The van der Waals surface area contributed by atoms with Crippen LogP contribution in [-0.2, 0) is 4.79 Å². The lowest BCUT2D eigenvalue weighted by atomic mass is 10.0. The zero-order valence-corrected chi connectivity index (χ0v) is 7.63. The highest BCUT2D eigenvalue weighted by atomic mass is 32.1. The Morgan fingerprint density at radius 2 is 2.46 bits per heavy atom. The Hall–Kier alpha value is -1.16. The van der Waals surface area contributed by atoms with Gasteiger partial charge >= 0.3 is 5.97 Å². The number of fused-ring (bicyclic) bond motifs is 1. The van der Waals surface area contributed by atoms with Gasteiger partial charge in [0.15, 0.2) is 5.78 Å². The third-order valence-corrected chi connectivity index (χ3v) is 3.21. The molecule has 1 aromatic rings. The second-order valence-electron chi connectivity index (χ2n) is 3.13. The number of Topliss-reactive ketones (excluding diaryl/α,β-unsaturated/α-hetero) is 1. The minimum absolute atomic E-state index is 0.0650. The lowest BCUT2D eigenvalue weighted by Gasteiger charge is -2.03. The summed E-state index contributed by atoms with van der Waals surface area (Å²) in [4.78, 5) is 22.6. The maximum Gasteiger partial charge on any atom is 0.303 e. The molecule has 0 saturated carbocycles. The van der Waals surface area contributed by atoms with E-state index in [1.807, 2.05) is 11.4 Å². The Balaban J connectivity index is 2.28. The van der Waals surface area contributed by atoms with Crippen molar-refractivity contribution in [3.63, 3.8) is 0 Å². The number of carbonyl (C=O) groups is 2. The number of carbonyl (C=O) groups excluding carboxylic acids is 1. The third kappa shape index (κ3) is 1.37. The average molecular weight is 196 g/mol. The zero-order valence-electron chi connectivity index (χ0n) is 6.82. The highest BCUT2D eigenvalue weighted by Crippen LogP contribution is 2.38. The molecular weight excluding hydrogens is 188 g/mol. The summed E-state index contributed by atoms with van der Waals surface area (Å²) in [6, 6.07) is 1.86. The highest BCUT2D eigenvalue weighted by Gasteiger charge is 2.31. The molecule has 1 atom stereocenters. The summed E-state index contributed by atoms with van der Waals surface area (Å²) in [6.45, 7) is 0. The molecular formula is C9H8O3S. The number of carboxylic acid groups (broad SMARTS) is 1. The molecule has 0 amide bonds. The zero-order chi connectivity index (χ0) is 9.42. The van der Waals surface area contributed by atoms with Crippen LogP contribution in [0.15, 0.2) is 11.4 Å². The van der Waals surface area contributed by atoms with Gasteiger partial charge in [0.1, 0.15) is 0 Å². The van der Waals surface area contributed by atoms with Crippen LogP contribution in [0.4, 0.5) is 0 Å². The molecule has 2 rings (SSSR count). The van der Waals surface area contributed by atoms with Gasteiger partial charge < -0.3 is 5.11 Å². The summed E-state index contributed by atoms with van der Waals surface area (Å²) in [5, 5.41) is 10.5. The van der Waals surface area contributed by atoms with Gasteiger partial charge in [-0.2, -0.15) is 0 Å². The Morgan fingerprint density at radius 3 is 3.15 bits per heavy atom. The van der Waals surface area contributed by atoms with Gasteiger partial charge in [0.2, 0.25) is 0 Å². The first-order valence-corrected chi connectivity index (χ1v) is 4.89. The summed E-state index contributed by atoms with van der Waals surface area (Å²) in [5.74, 6) is -0.834. The van der Waals surface area contributed by atoms with E-state index in [4.69, 9.17) is 5.11 Å². The quantitative estimate of drug-likeness (QED) is 0.785. The van der Waals surface area contributed by atoms with Gasteiger partial charge in [-0.1, -0.05) is 0 Å². The SMILES string of the molecule is O=C(O)CC1CC(=O)c2sccc21. The summed E-state index contributed by atoms with van der Waals surface area (Å²) in [7, 11) is 0. The molecule has 3 nitrogen and oxygen atoms in total. The fourth-order valence-electron chi connectivity index (χ4n) is 1.69. The summed E-state index contributed by atoms with van der Waals surface area (Å²) >= 11 is 1.41. The molecule has 0 saturated heterocycles. The molecule has 4 heteroatoms. The number of carboxylic acids is 1. The van der Waals surface area contributed by atoms with Crippen molar-refractivity contribution in [3.05, 3.63) is 21.9 Å². The topological polar surface area (TPSA) is 54.4 Å². The molecule has 1 N–H and O–H groups in total. The van der Waals surface area contributed by atoms with E-state index in [0.717, 1.165) is 10.4 Å². The second kappa shape index (κ2) is 2.96. The predicted octanol–water partition coefficient (Wildman–Crippen LogP) is 1.89. The summed E-state index contributed by atoms with van der Waals surface area (Å²) < 4.78 is 0. The van der Waals surface area contributed by atoms with Crippen molar-refractivity contribution in [2.24, 2.45) is 0 Å². The van der Waals surface area contributed by atoms with Gasteiger partial charge in [0.25, 0.3) is 0 Å². The lowest BCUT2D eigenvalue weighted by Crippen LogP contribution is -2.03. The Kier molecular flexibility index (Phi) is 1.92. The first-order chi connectivity index (χ1) is 6.18. The van der Waals surface area contributed by atoms with Crippen molar-refractivity contribution in [2.75, 3.05) is 0 Å². The van der Waals surface area contributed by atoms with Gasteiger partial charge in [0.05, 0.1) is 11.3 Å². The molecule has 13 heavy (non-hydrogen) atoms. The van der Waals surface area contributed by atoms with E-state index in [2.05, 4.69) is 0 Å². The molecule has 1 unspecified atom stereocenters. The number of rotatable bonds is 2. The van der Waals surface area contributed by atoms with E-state index >= 15 is 0 Å². The van der Waals surface area contributed by atoms with Crippen molar-refractivity contribution < 1.29 is 14.7 Å². The van der Waals surface area contributed by atoms with Crippen LogP contribution in [0.1, 0.15) is 34.0 Å². The molecule has 0 fully saturated rings. The predicted molar refractivity (Wildman–Crippen MR) is 48.3 cm³/mol. The molecule has 0 aliphatic heterocycles. The number of ketones is 1. The molecule has 0 radical (unpaired) electrons. The number of hydrogen-bond donors (Lipinski definition) is 1. The van der Waals surface area contributed by atoms with Crippen LogP contribution < -0.4 is 0 Å². The molecule has 1 aromatic heterocycles. The normalized spacial score (nSPS) is 20.3. The summed E-state index contributed by atoms with van der Waals surface area (Å²) in [5.41, 5.74) is 0.928. The minimum atomic E-state index is -0.836. The highest BCUT2D eigenvalue weighted by molar-refractivity contribution is 7.12. The fraction of sp³-hybridized carbons (Fsp3) is 0.333. The fourth-order valence-corrected chi connectivity index (χ4v) is 2.62. The largest absolute Gasteiger partial charge is 0.481 e. The lowest BCUT2D eigenvalue weighted by molar-refractivity contribution is -0.137. The molecule has 1 aliphatic rings.